The highest BCUT2D eigenvalue weighted by Gasteiger charge is 2.14. The minimum atomic E-state index is -0.463. The average Bonchev–Trinajstić information content (AvgIpc) is 2.67. The number of amides is 1. The number of ether oxygens (including phenoxy) is 2. The van der Waals surface area contributed by atoms with Crippen LogP contribution in [-0.2, 0) is 11.2 Å². The predicted molar refractivity (Wildman–Crippen MR) is 112 cm³/mol. The zero-order valence-electron chi connectivity index (χ0n) is 16.6. The Kier molecular flexibility index (Phi) is 7.00. The third kappa shape index (κ3) is 4.80. The van der Waals surface area contributed by atoms with Gasteiger partial charge in [0, 0.05) is 11.3 Å². The van der Waals surface area contributed by atoms with Gasteiger partial charge in [0.2, 0.25) is 0 Å². The molecular formula is C23H24N2O3. The van der Waals surface area contributed by atoms with Gasteiger partial charge in [-0.25, -0.2) is 0 Å². The lowest BCUT2D eigenvalue weighted by atomic mass is 10.0. The van der Waals surface area contributed by atoms with E-state index in [4.69, 9.17) is 9.47 Å². The second kappa shape index (κ2) is 9.43. The van der Waals surface area contributed by atoms with Crippen molar-refractivity contribution in [1.82, 2.24) is 0 Å². The molecule has 1 N–H and O–H groups in total. The van der Waals surface area contributed by atoms with Gasteiger partial charge in [-0.2, -0.15) is 5.26 Å². The molecule has 5 nitrogen and oxygen atoms in total. The van der Waals surface area contributed by atoms with Crippen LogP contribution in [0.3, 0.4) is 0 Å². The Bertz CT molecular complexity index is 969. The Labute approximate surface area is 165 Å². The molecular weight excluding hydrogens is 352 g/mol. The van der Waals surface area contributed by atoms with E-state index >= 15 is 0 Å². The summed E-state index contributed by atoms with van der Waals surface area (Å²) >= 11 is 0. The fraction of sp³-hybridized carbons (Fsp3) is 0.217. The number of anilines is 1. The molecule has 144 valence electrons. The Hall–Kier alpha value is -3.52. The molecule has 0 spiro atoms. The molecule has 0 fully saturated rings. The quantitative estimate of drug-likeness (QED) is 0.436. The molecule has 0 heterocycles. The molecule has 5 heteroatoms. The van der Waals surface area contributed by atoms with Crippen LogP contribution in [0.25, 0.3) is 6.08 Å². The van der Waals surface area contributed by atoms with Crippen LogP contribution in [0, 0.1) is 25.2 Å². The van der Waals surface area contributed by atoms with Crippen molar-refractivity contribution in [2.24, 2.45) is 0 Å². The predicted octanol–water partition coefficient (Wildman–Crippen LogP) is 4.59. The Morgan fingerprint density at radius 2 is 1.96 bits per heavy atom. The van der Waals surface area contributed by atoms with Gasteiger partial charge in [-0.3, -0.25) is 4.79 Å². The molecule has 0 bridgehead atoms. The van der Waals surface area contributed by atoms with E-state index in [0.29, 0.717) is 29.2 Å². The summed E-state index contributed by atoms with van der Waals surface area (Å²) in [5, 5.41) is 12.3. The topological polar surface area (TPSA) is 71.4 Å². The number of nitriles is 1. The molecule has 0 saturated heterocycles. The van der Waals surface area contributed by atoms with Crippen LogP contribution in [0.4, 0.5) is 5.69 Å². The fourth-order valence-electron chi connectivity index (χ4n) is 2.92. The van der Waals surface area contributed by atoms with Crippen LogP contribution < -0.4 is 14.8 Å². The Morgan fingerprint density at radius 1 is 1.21 bits per heavy atom. The van der Waals surface area contributed by atoms with E-state index in [1.54, 1.807) is 26.4 Å². The number of aryl methyl sites for hydroxylation is 2. The number of carbonyl (C=O) groups excluding carboxylic acids is 1. The summed E-state index contributed by atoms with van der Waals surface area (Å²) in [6.45, 7) is 7.65. The number of nitrogens with one attached hydrogen (secondary N) is 1. The molecule has 28 heavy (non-hydrogen) atoms. The Morgan fingerprint density at radius 3 is 2.54 bits per heavy atom. The lowest BCUT2D eigenvalue weighted by Gasteiger charge is -2.13. The van der Waals surface area contributed by atoms with Crippen LogP contribution in [-0.4, -0.2) is 20.1 Å². The number of hydrogen-bond donors (Lipinski definition) is 1. The molecule has 0 aliphatic rings. The summed E-state index contributed by atoms with van der Waals surface area (Å²) in [6.07, 6.45) is 3.86. The van der Waals surface area contributed by atoms with Gasteiger partial charge < -0.3 is 14.8 Å². The van der Waals surface area contributed by atoms with Crippen molar-refractivity contribution in [2.75, 3.05) is 19.5 Å². The van der Waals surface area contributed by atoms with E-state index in [1.165, 1.54) is 6.08 Å². The lowest BCUT2D eigenvalue weighted by molar-refractivity contribution is -0.112. The van der Waals surface area contributed by atoms with Gasteiger partial charge in [-0.1, -0.05) is 23.8 Å². The summed E-state index contributed by atoms with van der Waals surface area (Å²) in [5.41, 5.74) is 4.24. The molecule has 2 aromatic carbocycles. The van der Waals surface area contributed by atoms with E-state index in [1.807, 2.05) is 44.2 Å². The number of rotatable bonds is 7. The van der Waals surface area contributed by atoms with Gasteiger partial charge >= 0.3 is 0 Å². The zero-order valence-corrected chi connectivity index (χ0v) is 16.6. The maximum absolute atomic E-state index is 12.6. The number of nitrogens with zero attached hydrogens (tertiary/aromatic N) is 1. The number of hydrogen-bond acceptors (Lipinski definition) is 4. The average molecular weight is 376 g/mol. The molecule has 1 amide bonds. The van der Waals surface area contributed by atoms with Crippen LogP contribution in [0.1, 0.15) is 22.3 Å². The molecule has 0 unspecified atom stereocenters. The first-order valence-corrected chi connectivity index (χ1v) is 8.79. The van der Waals surface area contributed by atoms with Crippen molar-refractivity contribution < 1.29 is 14.3 Å². The molecule has 0 aliphatic heterocycles. The lowest BCUT2D eigenvalue weighted by Crippen LogP contribution is -2.14. The van der Waals surface area contributed by atoms with E-state index in [2.05, 4.69) is 11.9 Å². The molecule has 0 radical (unpaired) electrons. The van der Waals surface area contributed by atoms with Gasteiger partial charge in [-0.15, -0.1) is 6.58 Å². The summed E-state index contributed by atoms with van der Waals surface area (Å²) in [6, 6.07) is 11.3. The Balaban J connectivity index is 2.40. The highest BCUT2D eigenvalue weighted by atomic mass is 16.5. The molecule has 0 aliphatic carbocycles. The second-order valence-electron chi connectivity index (χ2n) is 6.35. The van der Waals surface area contributed by atoms with Gasteiger partial charge in [0.15, 0.2) is 11.5 Å². The maximum atomic E-state index is 12.6. The van der Waals surface area contributed by atoms with Crippen molar-refractivity contribution in [1.29, 1.82) is 5.26 Å². The van der Waals surface area contributed by atoms with Gasteiger partial charge in [-0.05, 0) is 55.7 Å². The smallest absolute Gasteiger partial charge is 0.266 e. The fourth-order valence-corrected chi connectivity index (χ4v) is 2.92. The summed E-state index contributed by atoms with van der Waals surface area (Å²) < 4.78 is 10.8. The highest BCUT2D eigenvalue weighted by Crippen LogP contribution is 2.34. The maximum Gasteiger partial charge on any atom is 0.266 e. The van der Waals surface area contributed by atoms with Gasteiger partial charge in [0.1, 0.15) is 11.6 Å². The van der Waals surface area contributed by atoms with Crippen molar-refractivity contribution in [2.45, 2.75) is 20.3 Å². The number of allylic oxidation sites excluding steroid dienone is 1. The monoisotopic (exact) mass is 376 g/mol. The largest absolute Gasteiger partial charge is 0.493 e. The van der Waals surface area contributed by atoms with Crippen LogP contribution in [0.2, 0.25) is 0 Å². The van der Waals surface area contributed by atoms with Crippen LogP contribution >= 0.6 is 0 Å². The number of carbonyl (C=O) groups is 1. The van der Waals surface area contributed by atoms with Crippen LogP contribution in [0.15, 0.2) is 48.6 Å². The first kappa shape index (κ1) is 20.8. The summed E-state index contributed by atoms with van der Waals surface area (Å²) in [4.78, 5) is 12.6. The van der Waals surface area contributed by atoms with E-state index < -0.39 is 5.91 Å². The van der Waals surface area contributed by atoms with Crippen LogP contribution in [0.5, 0.6) is 11.5 Å². The van der Waals surface area contributed by atoms with E-state index in [-0.39, 0.29) is 5.57 Å². The standard InChI is InChI=1S/C23H24N2O3/c1-6-7-18-11-17(13-21(27-4)22(18)28-5)12-19(14-24)23(26)25-20-9-8-15(2)10-16(20)3/h6,8-13H,1,7H2,2-5H3,(H,25,26)/b19-12+. The van der Waals surface area contributed by atoms with Crippen molar-refractivity contribution in [3.63, 3.8) is 0 Å². The number of methoxy groups -OCH3 is 2. The minimum Gasteiger partial charge on any atom is -0.493 e. The highest BCUT2D eigenvalue weighted by molar-refractivity contribution is 6.10. The molecule has 0 aromatic heterocycles. The molecule has 2 rings (SSSR count). The third-order valence-corrected chi connectivity index (χ3v) is 4.25. The number of benzene rings is 2. The zero-order chi connectivity index (χ0) is 20.7. The van der Waals surface area contributed by atoms with Crippen molar-refractivity contribution in [3.05, 3.63) is 70.8 Å². The minimum absolute atomic E-state index is 0.00301. The van der Waals surface area contributed by atoms with Gasteiger partial charge in [0.05, 0.1) is 14.2 Å². The van der Waals surface area contributed by atoms with Crippen molar-refractivity contribution in [3.8, 4) is 17.6 Å². The van der Waals surface area contributed by atoms with E-state index in [9.17, 15) is 10.1 Å². The van der Waals surface area contributed by atoms with Gasteiger partial charge in [0.25, 0.3) is 5.91 Å². The normalized spacial score (nSPS) is 10.8. The second-order valence-corrected chi connectivity index (χ2v) is 6.35. The third-order valence-electron chi connectivity index (χ3n) is 4.25. The SMILES string of the molecule is C=CCc1cc(/C=C(\C#N)C(=O)Nc2ccc(C)cc2C)cc(OC)c1OC. The molecule has 0 saturated carbocycles. The molecule has 2 aromatic rings. The molecule has 0 atom stereocenters. The summed E-state index contributed by atoms with van der Waals surface area (Å²) in [5.74, 6) is 0.674. The first-order chi connectivity index (χ1) is 13.4. The summed E-state index contributed by atoms with van der Waals surface area (Å²) in [7, 11) is 3.11. The van der Waals surface area contributed by atoms with Crippen molar-refractivity contribution >= 4 is 17.7 Å². The first-order valence-electron chi connectivity index (χ1n) is 8.79. The van der Waals surface area contributed by atoms with E-state index in [0.717, 1.165) is 16.7 Å².